The van der Waals surface area contributed by atoms with Crippen LogP contribution in [-0.2, 0) is 25.5 Å². The first-order chi connectivity index (χ1) is 9.19. The molecular weight excluding hydrogens is 246 g/mol. The lowest BCUT2D eigenvalue weighted by Crippen LogP contribution is -2.28. The van der Waals surface area contributed by atoms with Crippen molar-refractivity contribution in [3.8, 4) is 0 Å². The highest BCUT2D eigenvalue weighted by atomic mass is 16.6. The van der Waals surface area contributed by atoms with Crippen molar-refractivity contribution in [3.63, 3.8) is 0 Å². The van der Waals surface area contributed by atoms with E-state index in [0.29, 0.717) is 12.8 Å². The molecule has 0 unspecified atom stereocenters. The summed E-state index contributed by atoms with van der Waals surface area (Å²) in [7, 11) is 0. The van der Waals surface area contributed by atoms with Gasteiger partial charge in [0.25, 0.3) is 0 Å². The van der Waals surface area contributed by atoms with Crippen molar-refractivity contribution in [2.24, 2.45) is 5.92 Å². The molecule has 19 heavy (non-hydrogen) atoms. The van der Waals surface area contributed by atoms with Gasteiger partial charge in [0.15, 0.2) is 5.92 Å². The second-order valence-corrected chi connectivity index (χ2v) is 3.95. The Hall–Kier alpha value is -1.91. The summed E-state index contributed by atoms with van der Waals surface area (Å²) in [6.07, 6.45) is 4.34. The Kier molecular flexibility index (Phi) is 6.57. The van der Waals surface area contributed by atoms with Gasteiger partial charge in [0.2, 0.25) is 0 Å². The van der Waals surface area contributed by atoms with Crippen LogP contribution in [-0.4, -0.2) is 30.1 Å². The molecule has 5 heteroatoms. The van der Waals surface area contributed by atoms with Crippen molar-refractivity contribution >= 4 is 11.9 Å². The number of aryl methyl sites for hydroxylation is 1. The predicted octanol–water partition coefficient (Wildman–Crippen LogP) is 1.76. The largest absolute Gasteiger partial charge is 0.465 e. The molecule has 5 nitrogen and oxygen atoms in total. The van der Waals surface area contributed by atoms with Gasteiger partial charge in [0.1, 0.15) is 0 Å². The number of nitrogens with zero attached hydrogens (tertiary/aromatic N) is 1. The third kappa shape index (κ3) is 5.07. The molecule has 104 valence electrons. The molecule has 0 bridgehead atoms. The molecular formula is C14H19NO4. The summed E-state index contributed by atoms with van der Waals surface area (Å²) < 4.78 is 9.82. The summed E-state index contributed by atoms with van der Waals surface area (Å²) in [6.45, 7) is 3.93. The highest BCUT2D eigenvalue weighted by molar-refractivity contribution is 5.94. The number of hydrogen-bond donors (Lipinski definition) is 0. The van der Waals surface area contributed by atoms with Crippen molar-refractivity contribution in [1.29, 1.82) is 0 Å². The monoisotopic (exact) mass is 265 g/mol. The Bertz CT molecular complexity index is 387. The molecule has 0 aliphatic heterocycles. The standard InChI is InChI=1S/C14H19NO4/c1-3-18-13(16)12(14(17)19-4-2)6-5-11-7-9-15-10-8-11/h7-10,12H,3-6H2,1-2H3. The van der Waals surface area contributed by atoms with Crippen molar-refractivity contribution in [3.05, 3.63) is 30.1 Å². The van der Waals surface area contributed by atoms with Crippen molar-refractivity contribution in [2.75, 3.05) is 13.2 Å². The minimum absolute atomic E-state index is 0.254. The Morgan fingerprint density at radius 2 is 1.63 bits per heavy atom. The topological polar surface area (TPSA) is 65.5 Å². The SMILES string of the molecule is CCOC(=O)C(CCc1ccncc1)C(=O)OCC. The lowest BCUT2D eigenvalue weighted by molar-refractivity contribution is -0.161. The fourth-order valence-electron chi connectivity index (χ4n) is 1.68. The maximum absolute atomic E-state index is 11.7. The molecule has 0 amide bonds. The molecule has 1 aromatic heterocycles. The molecule has 0 saturated carbocycles. The summed E-state index contributed by atoms with van der Waals surface area (Å²) in [5, 5.41) is 0. The fraction of sp³-hybridized carbons (Fsp3) is 0.500. The van der Waals surface area contributed by atoms with Gasteiger partial charge in [0, 0.05) is 12.4 Å². The van der Waals surface area contributed by atoms with Gasteiger partial charge in [-0.1, -0.05) is 0 Å². The van der Waals surface area contributed by atoms with Crippen LogP contribution in [0, 0.1) is 5.92 Å². The number of carbonyl (C=O) groups excluding carboxylic acids is 2. The van der Waals surface area contributed by atoms with Crippen molar-refractivity contribution < 1.29 is 19.1 Å². The maximum atomic E-state index is 11.7. The van der Waals surface area contributed by atoms with Gasteiger partial charge in [0.05, 0.1) is 13.2 Å². The first-order valence-electron chi connectivity index (χ1n) is 6.41. The second kappa shape index (κ2) is 8.24. The van der Waals surface area contributed by atoms with Crippen LogP contribution in [0.1, 0.15) is 25.8 Å². The molecule has 0 aliphatic carbocycles. The van der Waals surface area contributed by atoms with E-state index in [0.717, 1.165) is 5.56 Å². The summed E-state index contributed by atoms with van der Waals surface area (Å²) in [5.41, 5.74) is 1.02. The van der Waals surface area contributed by atoms with E-state index in [4.69, 9.17) is 9.47 Å². The maximum Gasteiger partial charge on any atom is 0.320 e. The van der Waals surface area contributed by atoms with Crippen LogP contribution in [0.25, 0.3) is 0 Å². The number of ether oxygens (including phenoxy) is 2. The van der Waals surface area contributed by atoms with E-state index >= 15 is 0 Å². The quantitative estimate of drug-likeness (QED) is 0.555. The highest BCUT2D eigenvalue weighted by Crippen LogP contribution is 2.13. The van der Waals surface area contributed by atoms with Crippen LogP contribution in [0.3, 0.4) is 0 Å². The normalized spacial score (nSPS) is 10.3. The van der Waals surface area contributed by atoms with Gasteiger partial charge < -0.3 is 9.47 Å². The molecule has 0 N–H and O–H groups in total. The Morgan fingerprint density at radius 3 is 2.11 bits per heavy atom. The molecule has 1 aromatic rings. The van der Waals surface area contributed by atoms with E-state index in [2.05, 4.69) is 4.98 Å². The zero-order chi connectivity index (χ0) is 14.1. The third-order valence-electron chi connectivity index (χ3n) is 2.61. The zero-order valence-corrected chi connectivity index (χ0v) is 11.3. The van der Waals surface area contributed by atoms with Crippen molar-refractivity contribution in [1.82, 2.24) is 4.98 Å². The molecule has 0 aliphatic rings. The molecule has 1 rings (SSSR count). The minimum atomic E-state index is -0.854. The molecule has 0 fully saturated rings. The molecule has 0 radical (unpaired) electrons. The summed E-state index contributed by atoms with van der Waals surface area (Å²) >= 11 is 0. The van der Waals surface area contributed by atoms with E-state index in [1.165, 1.54) is 0 Å². The number of carbonyl (C=O) groups is 2. The van der Waals surface area contributed by atoms with Crippen LogP contribution in [0.5, 0.6) is 0 Å². The van der Waals surface area contributed by atoms with E-state index in [1.54, 1.807) is 26.2 Å². The average Bonchev–Trinajstić information content (AvgIpc) is 2.41. The molecule has 0 atom stereocenters. The third-order valence-corrected chi connectivity index (χ3v) is 2.61. The number of esters is 2. The molecule has 0 aromatic carbocycles. The smallest absolute Gasteiger partial charge is 0.320 e. The first-order valence-corrected chi connectivity index (χ1v) is 6.41. The minimum Gasteiger partial charge on any atom is -0.465 e. The van der Waals surface area contributed by atoms with Crippen LogP contribution in [0.15, 0.2) is 24.5 Å². The van der Waals surface area contributed by atoms with Gasteiger partial charge in [-0.05, 0) is 44.4 Å². The number of pyridine rings is 1. The Balaban J connectivity index is 2.63. The van der Waals surface area contributed by atoms with Gasteiger partial charge in [-0.2, -0.15) is 0 Å². The second-order valence-electron chi connectivity index (χ2n) is 3.95. The van der Waals surface area contributed by atoms with Gasteiger partial charge >= 0.3 is 11.9 Å². The molecule has 0 saturated heterocycles. The number of aromatic nitrogens is 1. The zero-order valence-electron chi connectivity index (χ0n) is 11.3. The van der Waals surface area contributed by atoms with E-state index < -0.39 is 17.9 Å². The van der Waals surface area contributed by atoms with Crippen LogP contribution >= 0.6 is 0 Å². The van der Waals surface area contributed by atoms with Crippen LogP contribution < -0.4 is 0 Å². The molecule has 1 heterocycles. The van der Waals surface area contributed by atoms with Crippen molar-refractivity contribution in [2.45, 2.75) is 26.7 Å². The van der Waals surface area contributed by atoms with E-state index in [9.17, 15) is 9.59 Å². The van der Waals surface area contributed by atoms with Gasteiger partial charge in [-0.3, -0.25) is 14.6 Å². The predicted molar refractivity (Wildman–Crippen MR) is 69.3 cm³/mol. The number of rotatable bonds is 7. The Morgan fingerprint density at radius 1 is 1.11 bits per heavy atom. The fourth-order valence-corrected chi connectivity index (χ4v) is 1.68. The summed E-state index contributed by atoms with van der Waals surface area (Å²) in [4.78, 5) is 27.4. The number of hydrogen-bond acceptors (Lipinski definition) is 5. The van der Waals surface area contributed by atoms with Crippen LogP contribution in [0.4, 0.5) is 0 Å². The van der Waals surface area contributed by atoms with Gasteiger partial charge in [-0.25, -0.2) is 0 Å². The lowest BCUT2D eigenvalue weighted by Gasteiger charge is -2.14. The lowest BCUT2D eigenvalue weighted by atomic mass is 10.00. The highest BCUT2D eigenvalue weighted by Gasteiger charge is 2.28. The Labute approximate surface area is 112 Å². The van der Waals surface area contributed by atoms with E-state index in [-0.39, 0.29) is 13.2 Å². The summed E-state index contributed by atoms with van der Waals surface area (Å²) in [5.74, 6) is -1.89. The summed E-state index contributed by atoms with van der Waals surface area (Å²) in [6, 6.07) is 3.71. The van der Waals surface area contributed by atoms with Crippen LogP contribution in [0.2, 0.25) is 0 Å². The molecule has 0 spiro atoms. The van der Waals surface area contributed by atoms with E-state index in [1.807, 2.05) is 12.1 Å². The van der Waals surface area contributed by atoms with Gasteiger partial charge in [-0.15, -0.1) is 0 Å². The first kappa shape index (κ1) is 15.1. The average molecular weight is 265 g/mol.